The number of hydrogen-bond donors (Lipinski definition) is 0. The van der Waals surface area contributed by atoms with E-state index in [0.717, 1.165) is 0 Å². The summed E-state index contributed by atoms with van der Waals surface area (Å²) in [6.45, 7) is -1.92. The van der Waals surface area contributed by atoms with Crippen LogP contribution in [0.15, 0.2) is 116 Å². The number of pyridine rings is 1. The topological polar surface area (TPSA) is 3.88 Å². The number of rotatable bonds is 4. The van der Waals surface area contributed by atoms with Gasteiger partial charge in [-0.05, 0) is 34.2 Å². The molecule has 0 aliphatic heterocycles. The molecule has 0 unspecified atom stereocenters. The van der Waals surface area contributed by atoms with Crippen LogP contribution in [0.1, 0.15) is 5.56 Å². The summed E-state index contributed by atoms with van der Waals surface area (Å²) < 4.78 is 2.07. The van der Waals surface area contributed by atoms with Crippen molar-refractivity contribution in [2.24, 2.45) is 7.05 Å². The van der Waals surface area contributed by atoms with E-state index in [1.165, 1.54) is 21.5 Å². The molecular weight excluding hydrogens is 345 g/mol. The maximum atomic E-state index is 2.49. The monoisotopic (exact) mass is 368 g/mol. The average molecular weight is 368 g/mol. The van der Waals surface area contributed by atoms with E-state index >= 15 is 0 Å². The lowest BCUT2D eigenvalue weighted by Gasteiger charge is -2.28. The van der Waals surface area contributed by atoms with Gasteiger partial charge in [-0.2, -0.15) is 0 Å². The lowest BCUT2D eigenvalue weighted by Crippen LogP contribution is -2.28. The summed E-state index contributed by atoms with van der Waals surface area (Å²) in [5, 5.41) is 4.11. The van der Waals surface area contributed by atoms with E-state index < -0.39 is 6.89 Å². The Morgan fingerprint density at radius 2 is 0.926 bits per heavy atom. The van der Waals surface area contributed by atoms with Crippen molar-refractivity contribution in [3.05, 3.63) is 121 Å². The molecule has 132 valence electrons. The van der Waals surface area contributed by atoms with Crippen molar-refractivity contribution in [1.29, 1.82) is 0 Å². The predicted molar refractivity (Wildman–Crippen MR) is 118 cm³/mol. The molecule has 0 aliphatic rings. The highest BCUT2D eigenvalue weighted by Gasteiger charge is 2.24. The van der Waals surface area contributed by atoms with Gasteiger partial charge in [0.25, 0.3) is 0 Å². The van der Waals surface area contributed by atoms with Crippen LogP contribution in [0.2, 0.25) is 0 Å². The first-order valence-electron chi connectivity index (χ1n) is 9.16. The van der Waals surface area contributed by atoms with Crippen molar-refractivity contribution >= 4 is 28.6 Å². The summed E-state index contributed by atoms with van der Waals surface area (Å²) in [7, 11) is 2.05. The Hall–Kier alpha value is -2.89. The standard InChI is InChI=1S/C25H23NP/c1-26-19-17-22(18-20-26)21-27(23-11-5-2-6-12-23,24-13-7-3-8-14-24)25-15-9-4-10-16-25/h2-21H,1H3/q+1. The van der Waals surface area contributed by atoms with Crippen LogP contribution in [0.5, 0.6) is 0 Å². The third-order valence-electron chi connectivity index (χ3n) is 4.84. The number of hydrogen-bond acceptors (Lipinski definition) is 0. The second-order valence-corrected chi connectivity index (χ2v) is 9.91. The molecule has 0 bridgehead atoms. The SMILES string of the molecule is C[n+]1ccc(C=P(c2ccccc2)(c2ccccc2)c2ccccc2)cc1. The first-order valence-corrected chi connectivity index (χ1v) is 11.0. The molecule has 1 heterocycles. The normalized spacial score (nSPS) is 11.1. The zero-order chi connectivity index (χ0) is 18.5. The maximum absolute atomic E-state index is 2.49. The highest BCUT2D eigenvalue weighted by Crippen LogP contribution is 2.44. The van der Waals surface area contributed by atoms with Crippen LogP contribution in [0.25, 0.3) is 0 Å². The minimum absolute atomic E-state index is 1.25. The molecule has 0 saturated carbocycles. The second kappa shape index (κ2) is 7.78. The molecule has 2 heteroatoms. The lowest BCUT2D eigenvalue weighted by atomic mass is 10.3. The minimum atomic E-state index is -1.92. The van der Waals surface area contributed by atoms with Gasteiger partial charge < -0.3 is 0 Å². The van der Waals surface area contributed by atoms with Gasteiger partial charge in [-0.1, -0.05) is 91.0 Å². The molecule has 0 amide bonds. The van der Waals surface area contributed by atoms with Crippen LogP contribution in [0.3, 0.4) is 0 Å². The molecule has 4 aromatic rings. The lowest BCUT2D eigenvalue weighted by molar-refractivity contribution is -0.671. The molecule has 1 nitrogen and oxygen atoms in total. The molecule has 0 spiro atoms. The molecule has 0 fully saturated rings. The predicted octanol–water partition coefficient (Wildman–Crippen LogP) is 3.66. The van der Waals surface area contributed by atoms with Gasteiger partial charge in [0.15, 0.2) is 12.4 Å². The molecule has 0 N–H and O–H groups in total. The highest BCUT2D eigenvalue weighted by molar-refractivity contribution is 7.94. The van der Waals surface area contributed by atoms with Crippen LogP contribution in [0.4, 0.5) is 0 Å². The van der Waals surface area contributed by atoms with Gasteiger partial charge >= 0.3 is 0 Å². The first kappa shape index (κ1) is 17.5. The fourth-order valence-corrected chi connectivity index (χ4v) is 7.37. The zero-order valence-electron chi connectivity index (χ0n) is 15.4. The summed E-state index contributed by atoms with van der Waals surface area (Å²) in [5.41, 5.74) is 1.25. The van der Waals surface area contributed by atoms with Crippen molar-refractivity contribution in [3.63, 3.8) is 0 Å². The van der Waals surface area contributed by atoms with Crippen molar-refractivity contribution in [2.45, 2.75) is 0 Å². The fraction of sp³-hybridized carbons (Fsp3) is 0.0400. The maximum Gasteiger partial charge on any atom is 0.169 e. The van der Waals surface area contributed by atoms with E-state index in [4.69, 9.17) is 0 Å². The molecule has 0 atom stereocenters. The molecule has 0 saturated heterocycles. The van der Waals surface area contributed by atoms with E-state index in [2.05, 4.69) is 133 Å². The van der Waals surface area contributed by atoms with Crippen molar-refractivity contribution in [2.75, 3.05) is 0 Å². The van der Waals surface area contributed by atoms with Gasteiger partial charge in [0.05, 0.1) is 0 Å². The second-order valence-electron chi connectivity index (χ2n) is 6.66. The molecule has 0 radical (unpaired) electrons. The van der Waals surface area contributed by atoms with Gasteiger partial charge in [-0.15, -0.1) is 0 Å². The van der Waals surface area contributed by atoms with Gasteiger partial charge in [0.1, 0.15) is 7.05 Å². The summed E-state index contributed by atoms with van der Waals surface area (Å²) >= 11 is 0. The van der Waals surface area contributed by atoms with Gasteiger partial charge in [-0.25, -0.2) is 4.57 Å². The van der Waals surface area contributed by atoms with E-state index in [9.17, 15) is 0 Å². The number of benzene rings is 3. The zero-order valence-corrected chi connectivity index (χ0v) is 16.3. The van der Waals surface area contributed by atoms with Crippen LogP contribution >= 0.6 is 6.89 Å². The Morgan fingerprint density at radius 1 is 0.556 bits per heavy atom. The average Bonchev–Trinajstić information content (AvgIpc) is 2.75. The number of nitrogens with zero attached hydrogens (tertiary/aromatic N) is 1. The first-order chi connectivity index (χ1) is 13.3. The molecular formula is C25H23NP+. The molecule has 27 heavy (non-hydrogen) atoms. The summed E-state index contributed by atoms with van der Waals surface area (Å²) in [6.07, 6.45) is 4.23. The minimum Gasteiger partial charge on any atom is -0.208 e. The van der Waals surface area contributed by atoms with E-state index in [1.807, 2.05) is 0 Å². The largest absolute Gasteiger partial charge is 0.208 e. The van der Waals surface area contributed by atoms with E-state index in [0.29, 0.717) is 0 Å². The molecule has 0 aliphatic carbocycles. The Balaban J connectivity index is 2.11. The third-order valence-corrected chi connectivity index (χ3v) is 8.86. The number of aryl methyl sites for hydroxylation is 1. The van der Waals surface area contributed by atoms with Crippen molar-refractivity contribution in [3.8, 4) is 0 Å². The third kappa shape index (κ3) is 3.52. The Labute approximate surface area is 161 Å². The van der Waals surface area contributed by atoms with Gasteiger partial charge in [0, 0.05) is 12.1 Å². The Morgan fingerprint density at radius 3 is 1.30 bits per heavy atom. The Kier molecular flexibility index (Phi) is 5.05. The summed E-state index contributed by atoms with van der Waals surface area (Å²) in [6, 6.07) is 37.2. The van der Waals surface area contributed by atoms with Gasteiger partial charge in [-0.3, -0.25) is 0 Å². The van der Waals surface area contributed by atoms with Crippen LogP contribution in [-0.4, -0.2) is 5.80 Å². The highest BCUT2D eigenvalue weighted by atomic mass is 31.2. The van der Waals surface area contributed by atoms with Gasteiger partial charge in [0.2, 0.25) is 0 Å². The van der Waals surface area contributed by atoms with E-state index in [1.54, 1.807) is 0 Å². The quantitative estimate of drug-likeness (QED) is 0.382. The molecule has 1 aromatic heterocycles. The number of aromatic nitrogens is 1. The molecule has 4 rings (SSSR count). The fourth-order valence-electron chi connectivity index (χ4n) is 3.48. The summed E-state index contributed by atoms with van der Waals surface area (Å²) in [5.74, 6) is 2.49. The molecule has 3 aromatic carbocycles. The van der Waals surface area contributed by atoms with Crippen LogP contribution in [0, 0.1) is 0 Å². The summed E-state index contributed by atoms with van der Waals surface area (Å²) in [4.78, 5) is 0. The van der Waals surface area contributed by atoms with Crippen LogP contribution < -0.4 is 20.5 Å². The van der Waals surface area contributed by atoms with Crippen LogP contribution in [-0.2, 0) is 7.05 Å². The smallest absolute Gasteiger partial charge is 0.169 e. The Bertz CT molecular complexity index is 950. The van der Waals surface area contributed by atoms with Crippen molar-refractivity contribution in [1.82, 2.24) is 0 Å². The van der Waals surface area contributed by atoms with E-state index in [-0.39, 0.29) is 0 Å². The van der Waals surface area contributed by atoms with Crippen molar-refractivity contribution < 1.29 is 4.57 Å².